The van der Waals surface area contributed by atoms with E-state index >= 15 is 0 Å². The third kappa shape index (κ3) is 1.08. The van der Waals surface area contributed by atoms with Crippen LogP contribution in [0.2, 0.25) is 0 Å². The van der Waals surface area contributed by atoms with Gasteiger partial charge in [0.25, 0.3) is 0 Å². The van der Waals surface area contributed by atoms with Crippen LogP contribution in [-0.2, 0) is 0 Å². The fraction of sp³-hybridized carbons (Fsp3) is 0. The first-order valence-electron chi connectivity index (χ1n) is 3.60. The van der Waals surface area contributed by atoms with Crippen molar-refractivity contribution in [3.8, 4) is 0 Å². The zero-order valence-electron chi connectivity index (χ0n) is 6.38. The molecular weight excluding hydrogens is 216 g/mol. The van der Waals surface area contributed by atoms with Crippen LogP contribution in [-0.4, -0.2) is 0 Å². The molecule has 0 aliphatic heterocycles. The summed E-state index contributed by atoms with van der Waals surface area (Å²) in [6, 6.07) is 5.92. The van der Waals surface area contributed by atoms with E-state index in [4.69, 9.17) is 4.42 Å². The smallest absolute Gasteiger partial charge is 0.134 e. The van der Waals surface area contributed by atoms with E-state index in [9.17, 15) is 0 Å². The van der Waals surface area contributed by atoms with Crippen molar-refractivity contribution in [2.24, 2.45) is 0 Å². The molecule has 0 aliphatic carbocycles. The molecule has 0 saturated heterocycles. The highest BCUT2D eigenvalue weighted by Crippen LogP contribution is 2.25. The van der Waals surface area contributed by atoms with Crippen molar-refractivity contribution in [3.63, 3.8) is 0 Å². The first-order chi connectivity index (χ1) is 5.81. The van der Waals surface area contributed by atoms with Gasteiger partial charge in [-0.2, -0.15) is 0 Å². The molecule has 0 saturated carbocycles. The zero-order chi connectivity index (χ0) is 8.55. The fourth-order valence-corrected chi connectivity index (χ4v) is 1.54. The summed E-state index contributed by atoms with van der Waals surface area (Å²) in [6.45, 7) is 3.71. The topological polar surface area (TPSA) is 13.1 Å². The van der Waals surface area contributed by atoms with E-state index in [0.717, 1.165) is 21.0 Å². The number of rotatable bonds is 1. The maximum atomic E-state index is 5.30. The second-order valence-corrected chi connectivity index (χ2v) is 3.45. The van der Waals surface area contributed by atoms with E-state index < -0.39 is 0 Å². The molecular formula is C10H7BrO. The molecule has 1 aromatic carbocycles. The van der Waals surface area contributed by atoms with Gasteiger partial charge in [-0.05, 0) is 18.2 Å². The molecule has 0 bridgehead atoms. The average molecular weight is 223 g/mol. The lowest BCUT2D eigenvalue weighted by Gasteiger charge is -1.90. The summed E-state index contributed by atoms with van der Waals surface area (Å²) in [5, 5.41) is 1.10. The molecule has 1 nitrogen and oxygen atoms in total. The van der Waals surface area contributed by atoms with E-state index in [1.807, 2.05) is 18.2 Å². The molecule has 0 atom stereocenters. The molecule has 0 unspecified atom stereocenters. The SMILES string of the molecule is C=Cc1coc2ccc(Br)cc12. The third-order valence-electron chi connectivity index (χ3n) is 1.79. The van der Waals surface area contributed by atoms with Crippen molar-refractivity contribution in [1.29, 1.82) is 0 Å². The van der Waals surface area contributed by atoms with Crippen molar-refractivity contribution < 1.29 is 4.42 Å². The van der Waals surface area contributed by atoms with Crippen LogP contribution in [0.25, 0.3) is 17.0 Å². The van der Waals surface area contributed by atoms with Crippen molar-refractivity contribution in [2.75, 3.05) is 0 Å². The predicted molar refractivity (Wildman–Crippen MR) is 54.0 cm³/mol. The summed E-state index contributed by atoms with van der Waals surface area (Å²) in [4.78, 5) is 0. The Morgan fingerprint density at radius 2 is 2.25 bits per heavy atom. The Bertz CT molecular complexity index is 428. The van der Waals surface area contributed by atoms with Gasteiger partial charge in [-0.3, -0.25) is 0 Å². The highest BCUT2D eigenvalue weighted by Gasteiger charge is 2.01. The summed E-state index contributed by atoms with van der Waals surface area (Å²) in [6.07, 6.45) is 3.50. The van der Waals surface area contributed by atoms with Crippen LogP contribution < -0.4 is 0 Å². The van der Waals surface area contributed by atoms with Gasteiger partial charge in [0.15, 0.2) is 0 Å². The Hall–Kier alpha value is -1.02. The number of halogens is 1. The molecule has 0 N–H and O–H groups in total. The molecule has 0 aliphatic rings. The molecule has 1 heterocycles. The highest BCUT2D eigenvalue weighted by atomic mass is 79.9. The molecule has 2 rings (SSSR count). The van der Waals surface area contributed by atoms with Crippen molar-refractivity contribution >= 4 is 33.0 Å². The molecule has 0 spiro atoms. The van der Waals surface area contributed by atoms with Crippen molar-refractivity contribution in [3.05, 3.63) is 41.1 Å². The second kappa shape index (κ2) is 2.79. The van der Waals surface area contributed by atoms with Gasteiger partial charge >= 0.3 is 0 Å². The van der Waals surface area contributed by atoms with Crippen LogP contribution in [0.3, 0.4) is 0 Å². The normalized spacial score (nSPS) is 10.4. The van der Waals surface area contributed by atoms with Gasteiger partial charge < -0.3 is 4.42 Å². The summed E-state index contributed by atoms with van der Waals surface area (Å²) >= 11 is 3.40. The molecule has 2 aromatic rings. The molecule has 0 amide bonds. The monoisotopic (exact) mass is 222 g/mol. The molecule has 12 heavy (non-hydrogen) atoms. The molecule has 0 radical (unpaired) electrons. The lowest BCUT2D eigenvalue weighted by Crippen LogP contribution is -1.68. The number of fused-ring (bicyclic) bond motifs is 1. The summed E-state index contributed by atoms with van der Waals surface area (Å²) in [7, 11) is 0. The zero-order valence-corrected chi connectivity index (χ0v) is 7.97. The first kappa shape index (κ1) is 7.62. The minimum absolute atomic E-state index is 0.896. The predicted octanol–water partition coefficient (Wildman–Crippen LogP) is 3.84. The standard InChI is InChI=1S/C10H7BrO/c1-2-7-6-12-10-4-3-8(11)5-9(7)10/h2-6H,1H2. The minimum atomic E-state index is 0.896. The average Bonchev–Trinajstić information content (AvgIpc) is 2.46. The van der Waals surface area contributed by atoms with Gasteiger partial charge in [-0.1, -0.05) is 28.6 Å². The molecule has 60 valence electrons. The van der Waals surface area contributed by atoms with E-state index in [1.54, 1.807) is 12.3 Å². The molecule has 0 fully saturated rings. The summed E-state index contributed by atoms with van der Waals surface area (Å²) in [5.74, 6) is 0. The summed E-state index contributed by atoms with van der Waals surface area (Å²) < 4.78 is 6.36. The van der Waals surface area contributed by atoms with Gasteiger partial charge in [0.2, 0.25) is 0 Å². The van der Waals surface area contributed by atoms with Gasteiger partial charge in [0, 0.05) is 15.4 Å². The Morgan fingerprint density at radius 1 is 1.42 bits per heavy atom. The van der Waals surface area contributed by atoms with Crippen LogP contribution in [0.15, 0.2) is 39.9 Å². The van der Waals surface area contributed by atoms with Gasteiger partial charge in [0.05, 0.1) is 6.26 Å². The fourth-order valence-electron chi connectivity index (χ4n) is 1.18. The quantitative estimate of drug-likeness (QED) is 0.715. The van der Waals surface area contributed by atoms with E-state index in [1.165, 1.54) is 0 Å². The van der Waals surface area contributed by atoms with Crippen LogP contribution in [0.4, 0.5) is 0 Å². The number of hydrogen-bond donors (Lipinski definition) is 0. The maximum Gasteiger partial charge on any atom is 0.134 e. The minimum Gasteiger partial charge on any atom is -0.464 e. The molecule has 1 aromatic heterocycles. The van der Waals surface area contributed by atoms with E-state index in [0.29, 0.717) is 0 Å². The van der Waals surface area contributed by atoms with Crippen molar-refractivity contribution in [2.45, 2.75) is 0 Å². The van der Waals surface area contributed by atoms with Crippen LogP contribution >= 0.6 is 15.9 Å². The van der Waals surface area contributed by atoms with Crippen LogP contribution in [0.1, 0.15) is 5.56 Å². The largest absolute Gasteiger partial charge is 0.464 e. The third-order valence-corrected chi connectivity index (χ3v) is 2.28. The van der Waals surface area contributed by atoms with Crippen LogP contribution in [0, 0.1) is 0 Å². The molecule has 2 heteroatoms. The number of hydrogen-bond acceptors (Lipinski definition) is 1. The maximum absolute atomic E-state index is 5.30. The Balaban J connectivity index is 2.83. The lowest BCUT2D eigenvalue weighted by molar-refractivity contribution is 0.615. The van der Waals surface area contributed by atoms with Gasteiger partial charge in [-0.25, -0.2) is 0 Å². The van der Waals surface area contributed by atoms with Crippen molar-refractivity contribution in [1.82, 2.24) is 0 Å². The van der Waals surface area contributed by atoms with Gasteiger partial charge in [0.1, 0.15) is 5.58 Å². The van der Waals surface area contributed by atoms with E-state index in [2.05, 4.69) is 22.5 Å². The second-order valence-electron chi connectivity index (χ2n) is 2.54. The Morgan fingerprint density at radius 3 is 3.00 bits per heavy atom. The Labute approximate surface area is 78.8 Å². The number of benzene rings is 1. The van der Waals surface area contributed by atoms with Gasteiger partial charge in [-0.15, -0.1) is 0 Å². The number of furan rings is 1. The summed E-state index contributed by atoms with van der Waals surface area (Å²) in [5.41, 5.74) is 1.93. The Kier molecular flexibility index (Phi) is 1.77. The lowest BCUT2D eigenvalue weighted by atomic mass is 10.2. The van der Waals surface area contributed by atoms with Crippen LogP contribution in [0.5, 0.6) is 0 Å². The highest BCUT2D eigenvalue weighted by molar-refractivity contribution is 9.10. The van der Waals surface area contributed by atoms with E-state index in [-0.39, 0.29) is 0 Å². The first-order valence-corrected chi connectivity index (χ1v) is 4.40.